The monoisotopic (exact) mass is 397 g/mol. The van der Waals surface area contributed by atoms with Crippen LogP contribution in [-0.2, 0) is 9.53 Å². The summed E-state index contributed by atoms with van der Waals surface area (Å²) in [6, 6.07) is 9.24. The topological polar surface area (TPSA) is 119 Å². The molecule has 2 aromatic rings. The molecule has 152 valence electrons. The number of cyclic esters (lactones) is 1. The summed E-state index contributed by atoms with van der Waals surface area (Å²) in [6.07, 6.45) is 0.899. The second-order valence-corrected chi connectivity index (χ2v) is 6.94. The molecular weight excluding hydrogens is 374 g/mol. The third-order valence-corrected chi connectivity index (χ3v) is 4.94. The van der Waals surface area contributed by atoms with E-state index in [0.717, 1.165) is 16.9 Å². The van der Waals surface area contributed by atoms with Gasteiger partial charge in [-0.05, 0) is 29.8 Å². The molecule has 2 atom stereocenters. The lowest BCUT2D eigenvalue weighted by atomic mass is 10.0. The largest absolute Gasteiger partial charge is 0.489 e. The molecule has 0 radical (unpaired) electrons. The van der Waals surface area contributed by atoms with Crippen molar-refractivity contribution in [2.24, 2.45) is 5.73 Å². The van der Waals surface area contributed by atoms with Crippen LogP contribution in [0, 0.1) is 0 Å². The molecular formula is C20H23N5O4. The molecule has 0 spiro atoms. The molecule has 2 aliphatic rings. The maximum atomic E-state index is 12.4. The Morgan fingerprint density at radius 3 is 2.86 bits per heavy atom. The maximum absolute atomic E-state index is 12.4. The second-order valence-electron chi connectivity index (χ2n) is 6.94. The minimum atomic E-state index is -0.447. The van der Waals surface area contributed by atoms with Crippen LogP contribution in [0.25, 0.3) is 11.1 Å². The molecule has 29 heavy (non-hydrogen) atoms. The molecule has 4 N–H and O–H groups in total. The van der Waals surface area contributed by atoms with E-state index in [9.17, 15) is 9.59 Å². The molecule has 9 heteroatoms. The maximum Gasteiger partial charge on any atom is 0.415 e. The highest BCUT2D eigenvalue weighted by molar-refractivity contribution is 5.94. The number of aromatic nitrogens is 1. The van der Waals surface area contributed by atoms with Gasteiger partial charge in [0.2, 0.25) is 5.91 Å². The highest BCUT2D eigenvalue weighted by atomic mass is 16.6. The third kappa shape index (κ3) is 3.81. The van der Waals surface area contributed by atoms with E-state index in [2.05, 4.69) is 15.6 Å². The van der Waals surface area contributed by atoms with E-state index >= 15 is 0 Å². The van der Waals surface area contributed by atoms with Gasteiger partial charge in [-0.15, -0.1) is 0 Å². The minimum Gasteiger partial charge on any atom is -0.489 e. The number of fused-ring (bicyclic) bond motifs is 3. The van der Waals surface area contributed by atoms with Crippen LogP contribution in [0.1, 0.15) is 6.92 Å². The fourth-order valence-electron chi connectivity index (χ4n) is 3.50. The number of hydrogen-bond acceptors (Lipinski definition) is 7. The van der Waals surface area contributed by atoms with Gasteiger partial charge in [0.25, 0.3) is 0 Å². The molecule has 2 amide bonds. The molecule has 1 aromatic carbocycles. The Kier molecular flexibility index (Phi) is 5.22. The van der Waals surface area contributed by atoms with Crippen LogP contribution >= 0.6 is 0 Å². The molecule has 0 saturated carbocycles. The van der Waals surface area contributed by atoms with Crippen molar-refractivity contribution in [3.8, 4) is 16.9 Å². The Morgan fingerprint density at radius 1 is 1.31 bits per heavy atom. The van der Waals surface area contributed by atoms with Gasteiger partial charge in [0, 0.05) is 31.8 Å². The predicted octanol–water partition coefficient (Wildman–Crippen LogP) is 1.34. The molecule has 1 aromatic heterocycles. The van der Waals surface area contributed by atoms with E-state index in [0.29, 0.717) is 31.1 Å². The highest BCUT2D eigenvalue weighted by Crippen LogP contribution is 2.40. The summed E-state index contributed by atoms with van der Waals surface area (Å²) in [4.78, 5) is 29.6. The Balaban J connectivity index is 1.53. The average Bonchev–Trinajstić information content (AvgIpc) is 3.06. The summed E-state index contributed by atoms with van der Waals surface area (Å²) in [5, 5.41) is 5.82. The molecule has 3 heterocycles. The minimum absolute atomic E-state index is 0.167. The fraction of sp³-hybridized carbons (Fsp3) is 0.350. The summed E-state index contributed by atoms with van der Waals surface area (Å²) in [7, 11) is 0. The van der Waals surface area contributed by atoms with E-state index in [1.165, 1.54) is 6.92 Å². The Hall–Kier alpha value is -3.33. The number of rotatable bonds is 6. The number of nitrogens with two attached hydrogens (primary N) is 1. The second kappa shape index (κ2) is 7.96. The number of nitrogens with one attached hydrogen (secondary N) is 2. The number of nitrogens with zero attached hydrogens (tertiary/aromatic N) is 2. The van der Waals surface area contributed by atoms with E-state index in [-0.39, 0.29) is 18.5 Å². The first kappa shape index (κ1) is 19.0. The quantitative estimate of drug-likeness (QED) is 0.673. The molecule has 0 bridgehead atoms. The van der Waals surface area contributed by atoms with Crippen LogP contribution in [-0.4, -0.2) is 55.4 Å². The zero-order valence-corrected chi connectivity index (χ0v) is 16.1. The van der Waals surface area contributed by atoms with Crippen molar-refractivity contribution in [2.45, 2.75) is 19.1 Å². The summed E-state index contributed by atoms with van der Waals surface area (Å²) in [5.41, 5.74) is 8.02. The number of benzene rings is 1. The first-order chi connectivity index (χ1) is 14.1. The van der Waals surface area contributed by atoms with Gasteiger partial charge in [-0.3, -0.25) is 9.69 Å². The van der Waals surface area contributed by atoms with Crippen molar-refractivity contribution in [2.75, 3.05) is 36.5 Å². The van der Waals surface area contributed by atoms with Gasteiger partial charge in [-0.25, -0.2) is 9.78 Å². The first-order valence-electron chi connectivity index (χ1n) is 9.48. The van der Waals surface area contributed by atoms with Crippen molar-refractivity contribution < 1.29 is 19.1 Å². The van der Waals surface area contributed by atoms with Gasteiger partial charge in [0.05, 0.1) is 12.2 Å². The van der Waals surface area contributed by atoms with Gasteiger partial charge < -0.3 is 25.8 Å². The summed E-state index contributed by atoms with van der Waals surface area (Å²) in [6.45, 7) is 3.19. The van der Waals surface area contributed by atoms with Gasteiger partial charge in [0.15, 0.2) is 0 Å². The fourth-order valence-corrected chi connectivity index (χ4v) is 3.50. The molecule has 9 nitrogen and oxygen atoms in total. The van der Waals surface area contributed by atoms with Crippen LogP contribution in [0.15, 0.2) is 36.5 Å². The molecule has 0 aliphatic carbocycles. The zero-order valence-electron chi connectivity index (χ0n) is 16.1. The van der Waals surface area contributed by atoms with Crippen LogP contribution < -0.4 is 26.0 Å². The number of carbonyl (C=O) groups is 2. The van der Waals surface area contributed by atoms with Crippen molar-refractivity contribution in [3.63, 3.8) is 0 Å². The van der Waals surface area contributed by atoms with Crippen LogP contribution in [0.4, 0.5) is 16.3 Å². The van der Waals surface area contributed by atoms with Crippen molar-refractivity contribution >= 4 is 23.5 Å². The van der Waals surface area contributed by atoms with Crippen molar-refractivity contribution in [1.29, 1.82) is 0 Å². The summed E-state index contributed by atoms with van der Waals surface area (Å²) < 4.78 is 11.4. The number of amides is 2. The number of carbonyl (C=O) groups excluding carboxylic acids is 2. The van der Waals surface area contributed by atoms with Gasteiger partial charge in [-0.1, -0.05) is 6.07 Å². The van der Waals surface area contributed by atoms with Gasteiger partial charge in [-0.2, -0.15) is 0 Å². The predicted molar refractivity (Wildman–Crippen MR) is 108 cm³/mol. The van der Waals surface area contributed by atoms with E-state index in [1.54, 1.807) is 11.1 Å². The lowest BCUT2D eigenvalue weighted by Gasteiger charge is -2.31. The SMILES string of the molecule is CC(=O)NC[C@@H]1OC(=O)N2c3ccc(-c4ccc(NCCN)nc4)cc3OC[C@@H]12. The lowest BCUT2D eigenvalue weighted by Crippen LogP contribution is -2.47. The lowest BCUT2D eigenvalue weighted by molar-refractivity contribution is -0.119. The van der Waals surface area contributed by atoms with E-state index in [1.807, 2.05) is 30.3 Å². The van der Waals surface area contributed by atoms with E-state index in [4.69, 9.17) is 15.2 Å². The van der Waals surface area contributed by atoms with Crippen LogP contribution in [0.5, 0.6) is 5.75 Å². The molecule has 1 saturated heterocycles. The Morgan fingerprint density at radius 2 is 2.14 bits per heavy atom. The van der Waals surface area contributed by atoms with Crippen molar-refractivity contribution in [3.05, 3.63) is 36.5 Å². The number of ether oxygens (including phenoxy) is 2. The third-order valence-electron chi connectivity index (χ3n) is 4.94. The Bertz CT molecular complexity index is 918. The van der Waals surface area contributed by atoms with Gasteiger partial charge in [0.1, 0.15) is 30.3 Å². The molecule has 2 aliphatic heterocycles. The number of anilines is 2. The van der Waals surface area contributed by atoms with Crippen LogP contribution in [0.2, 0.25) is 0 Å². The molecule has 1 fully saturated rings. The summed E-state index contributed by atoms with van der Waals surface area (Å²) in [5.74, 6) is 1.21. The normalized spacial score (nSPS) is 19.7. The van der Waals surface area contributed by atoms with Crippen molar-refractivity contribution in [1.82, 2.24) is 10.3 Å². The number of hydrogen-bond donors (Lipinski definition) is 3. The van der Waals surface area contributed by atoms with Crippen LogP contribution in [0.3, 0.4) is 0 Å². The smallest absolute Gasteiger partial charge is 0.415 e. The number of pyridine rings is 1. The Labute approximate surface area is 168 Å². The standard InChI is InChI=1S/C20H23N5O4/c1-12(26)23-10-18-16-11-28-17-8-13(2-4-15(17)25(16)20(27)29-18)14-3-5-19(24-9-14)22-7-6-21/h2-5,8-9,16,18H,6-7,10-11,21H2,1H3,(H,22,24)(H,23,26)/t16-,18-/m0/s1. The van der Waals surface area contributed by atoms with E-state index < -0.39 is 12.2 Å². The first-order valence-corrected chi connectivity index (χ1v) is 9.48. The average molecular weight is 397 g/mol. The van der Waals surface area contributed by atoms with Gasteiger partial charge >= 0.3 is 6.09 Å². The summed E-state index contributed by atoms with van der Waals surface area (Å²) >= 11 is 0. The highest BCUT2D eigenvalue weighted by Gasteiger charge is 2.46. The molecule has 0 unspecified atom stereocenters. The molecule has 4 rings (SSSR count). The zero-order chi connectivity index (χ0) is 20.4.